The molecule has 3 nitrogen and oxygen atoms in total. The molecule has 3 aliphatic rings. The normalized spacial score (nSPS) is 45.4. The maximum Gasteiger partial charge on any atom is 0.237 e. The van der Waals surface area contributed by atoms with E-state index in [1.807, 2.05) is 0 Å². The Morgan fingerprint density at radius 2 is 2.06 bits per heavy atom. The van der Waals surface area contributed by atoms with E-state index < -0.39 is 0 Å². The molecule has 2 aliphatic carbocycles. The molecule has 2 bridgehead atoms. The second-order valence-electron chi connectivity index (χ2n) is 7.51. The molecule has 0 aromatic carbocycles. The highest BCUT2D eigenvalue weighted by atomic mass is 16.2. The predicted octanol–water partition coefficient (Wildman–Crippen LogP) is 2.07. The number of rotatable bonds is 2. The number of nitrogens with one attached hydrogen (secondary N) is 2. The summed E-state index contributed by atoms with van der Waals surface area (Å²) in [5.74, 6) is 1.03. The predicted molar refractivity (Wildman–Crippen MR) is 72.2 cm³/mol. The summed E-state index contributed by atoms with van der Waals surface area (Å²) >= 11 is 0. The zero-order valence-corrected chi connectivity index (χ0v) is 11.9. The van der Waals surface area contributed by atoms with E-state index in [4.69, 9.17) is 0 Å². The first kappa shape index (κ1) is 12.5. The van der Waals surface area contributed by atoms with Gasteiger partial charge in [-0.05, 0) is 55.4 Å². The van der Waals surface area contributed by atoms with Crippen LogP contribution in [0.15, 0.2) is 0 Å². The van der Waals surface area contributed by atoms with Crippen molar-refractivity contribution in [1.82, 2.24) is 10.6 Å². The smallest absolute Gasteiger partial charge is 0.237 e. The van der Waals surface area contributed by atoms with E-state index in [2.05, 4.69) is 31.4 Å². The zero-order valence-electron chi connectivity index (χ0n) is 11.9. The monoisotopic (exact) mass is 250 g/mol. The molecule has 0 aromatic heterocycles. The molecule has 1 heterocycles. The Hall–Kier alpha value is -0.570. The van der Waals surface area contributed by atoms with Gasteiger partial charge in [0.25, 0.3) is 0 Å². The number of amides is 1. The third-order valence-electron chi connectivity index (χ3n) is 5.93. The summed E-state index contributed by atoms with van der Waals surface area (Å²) in [5, 5.41) is 6.68. The van der Waals surface area contributed by atoms with Crippen molar-refractivity contribution >= 4 is 5.91 Å². The van der Waals surface area contributed by atoms with Gasteiger partial charge in [-0.3, -0.25) is 4.79 Å². The van der Waals surface area contributed by atoms with E-state index >= 15 is 0 Å². The molecule has 1 amide bonds. The van der Waals surface area contributed by atoms with Crippen LogP contribution in [0.4, 0.5) is 0 Å². The summed E-state index contributed by atoms with van der Waals surface area (Å²) in [6, 6.07) is 0.419. The molecule has 18 heavy (non-hydrogen) atoms. The Morgan fingerprint density at radius 1 is 1.28 bits per heavy atom. The van der Waals surface area contributed by atoms with Crippen molar-refractivity contribution in [2.45, 2.75) is 65.0 Å². The van der Waals surface area contributed by atoms with Gasteiger partial charge < -0.3 is 10.6 Å². The van der Waals surface area contributed by atoms with Crippen molar-refractivity contribution < 1.29 is 4.79 Å². The SMILES string of the molecule is CC12CCC(C1)C(C)(C)C2NC(=O)[C@H]1CCCN1. The molecule has 4 atom stereocenters. The van der Waals surface area contributed by atoms with E-state index in [0.29, 0.717) is 11.5 Å². The maximum absolute atomic E-state index is 12.3. The Balaban J connectivity index is 1.73. The minimum atomic E-state index is 0.0588. The molecule has 3 heteroatoms. The van der Waals surface area contributed by atoms with Crippen LogP contribution >= 0.6 is 0 Å². The van der Waals surface area contributed by atoms with Crippen molar-refractivity contribution in [3.63, 3.8) is 0 Å². The molecular formula is C15H26N2O. The quantitative estimate of drug-likeness (QED) is 0.788. The van der Waals surface area contributed by atoms with Crippen LogP contribution in [0.3, 0.4) is 0 Å². The van der Waals surface area contributed by atoms with Gasteiger partial charge in [-0.25, -0.2) is 0 Å². The van der Waals surface area contributed by atoms with Crippen LogP contribution in [0.25, 0.3) is 0 Å². The van der Waals surface area contributed by atoms with Crippen molar-refractivity contribution in [3.8, 4) is 0 Å². The first-order valence-electron chi connectivity index (χ1n) is 7.47. The Morgan fingerprint density at radius 3 is 2.61 bits per heavy atom. The van der Waals surface area contributed by atoms with Crippen molar-refractivity contribution in [1.29, 1.82) is 0 Å². The fourth-order valence-corrected chi connectivity index (χ4v) is 4.81. The summed E-state index contributed by atoms with van der Waals surface area (Å²) in [7, 11) is 0. The fourth-order valence-electron chi connectivity index (χ4n) is 4.81. The minimum absolute atomic E-state index is 0.0588. The van der Waals surface area contributed by atoms with E-state index in [9.17, 15) is 4.79 Å². The second-order valence-corrected chi connectivity index (χ2v) is 7.51. The first-order chi connectivity index (χ1) is 8.43. The molecule has 2 N–H and O–H groups in total. The average molecular weight is 250 g/mol. The van der Waals surface area contributed by atoms with Crippen molar-refractivity contribution in [2.75, 3.05) is 6.54 Å². The van der Waals surface area contributed by atoms with Gasteiger partial charge in [-0.2, -0.15) is 0 Å². The van der Waals surface area contributed by atoms with Crippen LogP contribution in [-0.4, -0.2) is 24.5 Å². The summed E-state index contributed by atoms with van der Waals surface area (Å²) in [4.78, 5) is 12.3. The van der Waals surface area contributed by atoms with Crippen LogP contribution in [0, 0.1) is 16.7 Å². The molecule has 3 unspecified atom stereocenters. The Labute approximate surface area is 110 Å². The number of fused-ring (bicyclic) bond motifs is 2. The van der Waals surface area contributed by atoms with Gasteiger partial charge in [0.2, 0.25) is 5.91 Å². The summed E-state index contributed by atoms with van der Waals surface area (Å²) < 4.78 is 0. The molecular weight excluding hydrogens is 224 g/mol. The van der Waals surface area contributed by atoms with Crippen LogP contribution in [-0.2, 0) is 4.79 Å². The van der Waals surface area contributed by atoms with Crippen LogP contribution in [0.5, 0.6) is 0 Å². The van der Waals surface area contributed by atoms with E-state index in [1.165, 1.54) is 19.3 Å². The first-order valence-corrected chi connectivity index (χ1v) is 7.47. The van der Waals surface area contributed by atoms with Gasteiger partial charge in [0.15, 0.2) is 0 Å². The van der Waals surface area contributed by atoms with Gasteiger partial charge in [0, 0.05) is 6.04 Å². The Kier molecular flexibility index (Phi) is 2.74. The lowest BCUT2D eigenvalue weighted by atomic mass is 9.68. The molecule has 3 fully saturated rings. The third kappa shape index (κ3) is 1.70. The molecule has 102 valence electrons. The highest BCUT2D eigenvalue weighted by molar-refractivity contribution is 5.82. The molecule has 3 rings (SSSR count). The summed E-state index contributed by atoms with van der Waals surface area (Å²) in [6.45, 7) is 8.05. The highest BCUT2D eigenvalue weighted by Gasteiger charge is 2.59. The largest absolute Gasteiger partial charge is 0.351 e. The van der Waals surface area contributed by atoms with Gasteiger partial charge in [0.05, 0.1) is 6.04 Å². The fraction of sp³-hybridized carbons (Fsp3) is 0.933. The molecule has 0 radical (unpaired) electrons. The zero-order chi connectivity index (χ0) is 13.0. The number of carbonyl (C=O) groups is 1. The number of carbonyl (C=O) groups excluding carboxylic acids is 1. The van der Waals surface area contributed by atoms with Crippen LogP contribution < -0.4 is 10.6 Å². The van der Waals surface area contributed by atoms with Gasteiger partial charge >= 0.3 is 0 Å². The molecule has 2 saturated carbocycles. The number of hydrogen-bond donors (Lipinski definition) is 2. The molecule has 0 spiro atoms. The molecule has 0 aromatic rings. The molecule has 1 aliphatic heterocycles. The minimum Gasteiger partial charge on any atom is -0.351 e. The van der Waals surface area contributed by atoms with Crippen molar-refractivity contribution in [2.24, 2.45) is 16.7 Å². The summed E-state index contributed by atoms with van der Waals surface area (Å²) in [5.41, 5.74) is 0.601. The third-order valence-corrected chi connectivity index (χ3v) is 5.93. The van der Waals surface area contributed by atoms with E-state index in [1.54, 1.807) is 0 Å². The topological polar surface area (TPSA) is 41.1 Å². The highest BCUT2D eigenvalue weighted by Crippen LogP contribution is 2.62. The second kappa shape index (κ2) is 3.96. The van der Waals surface area contributed by atoms with Crippen LogP contribution in [0.1, 0.15) is 52.9 Å². The lowest BCUT2D eigenvalue weighted by molar-refractivity contribution is -0.125. The summed E-state index contributed by atoms with van der Waals surface area (Å²) in [6.07, 6.45) is 6.05. The van der Waals surface area contributed by atoms with Gasteiger partial charge in [-0.1, -0.05) is 20.8 Å². The molecule has 1 saturated heterocycles. The van der Waals surface area contributed by atoms with Crippen LogP contribution in [0.2, 0.25) is 0 Å². The lowest BCUT2D eigenvalue weighted by Crippen LogP contribution is -2.55. The van der Waals surface area contributed by atoms with Gasteiger partial charge in [-0.15, -0.1) is 0 Å². The van der Waals surface area contributed by atoms with E-state index in [-0.39, 0.29) is 17.4 Å². The standard InChI is InChI=1S/C15H26N2O/c1-14(2)10-6-7-15(3,9-10)13(14)17-12(18)11-5-4-8-16-11/h10-11,13,16H,4-9H2,1-3H3,(H,17,18)/t10?,11-,13?,15?/m1/s1. The Bertz CT molecular complexity index is 355. The van der Waals surface area contributed by atoms with Crippen molar-refractivity contribution in [3.05, 3.63) is 0 Å². The number of hydrogen-bond acceptors (Lipinski definition) is 2. The lowest BCUT2D eigenvalue weighted by Gasteiger charge is -2.43. The average Bonchev–Trinajstić information content (AvgIpc) is 2.96. The maximum atomic E-state index is 12.3. The van der Waals surface area contributed by atoms with E-state index in [0.717, 1.165) is 25.3 Å². The van der Waals surface area contributed by atoms with Gasteiger partial charge in [0.1, 0.15) is 0 Å².